The van der Waals surface area contributed by atoms with Crippen LogP contribution in [0, 0.1) is 0 Å². The summed E-state index contributed by atoms with van der Waals surface area (Å²) >= 11 is 0. The van der Waals surface area contributed by atoms with Crippen LogP contribution in [0.15, 0.2) is 139 Å². The minimum absolute atomic E-state index is 0. The molecule has 374 valence electrons. The van der Waals surface area contributed by atoms with Crippen molar-refractivity contribution in [3.8, 4) is 11.5 Å². The van der Waals surface area contributed by atoms with Crippen LogP contribution in [0.5, 0.6) is 11.5 Å². The van der Waals surface area contributed by atoms with Crippen LogP contribution in [0.3, 0.4) is 0 Å². The third kappa shape index (κ3) is 15.8. The molecule has 2 aliphatic carbocycles. The molecule has 24 nitrogen and oxygen atoms in total. The Kier molecular flexibility index (Phi) is 26.1. The average molecular weight is 1240 g/mol. The van der Waals surface area contributed by atoms with Crippen LogP contribution >= 0.6 is 0 Å². The van der Waals surface area contributed by atoms with Gasteiger partial charge in [0.1, 0.15) is 41.9 Å². The summed E-state index contributed by atoms with van der Waals surface area (Å²) in [5.41, 5.74) is -1.62. The molecule has 7 aromatic rings. The van der Waals surface area contributed by atoms with Crippen LogP contribution in [-0.4, -0.2) is 111 Å². The van der Waals surface area contributed by atoms with Gasteiger partial charge in [-0.15, -0.1) is 0 Å². The number of fused-ring (bicyclic) bond motifs is 6. The summed E-state index contributed by atoms with van der Waals surface area (Å²) in [5, 5.41) is 20.5. The summed E-state index contributed by atoms with van der Waals surface area (Å²) in [7, 11) is -28.2. The fourth-order valence-electron chi connectivity index (χ4n) is 7.31. The quantitative estimate of drug-likeness (QED) is 0.0447. The first kappa shape index (κ1) is 74.8. The van der Waals surface area contributed by atoms with Crippen LogP contribution < -0.4 is 177 Å². The predicted molar refractivity (Wildman–Crippen MR) is 238 cm³/mol. The Bertz CT molecular complexity index is 3930. The maximum absolute atomic E-state index is 12.5. The number of hydrogen-bond donors (Lipinski definition) is 5. The summed E-state index contributed by atoms with van der Waals surface area (Å²) in [6, 6.07) is 17.5. The molecule has 0 unspecified atom stereocenters. The second-order valence-corrected chi connectivity index (χ2v) is 23.4. The fraction of sp³-hybridized carbons (Fsp3) is 0. The van der Waals surface area contributed by atoms with E-state index in [4.69, 9.17) is 13.7 Å². The number of carbonyl (C=O) groups excluding carboxylic acids is 4. The maximum atomic E-state index is 12.5. The number of ketones is 4. The van der Waals surface area contributed by atoms with Gasteiger partial charge < -0.3 is 23.9 Å². The molecule has 0 saturated heterocycles. The number of phenolic OH excluding ortho intramolecular Hbond substituents is 2. The van der Waals surface area contributed by atoms with Gasteiger partial charge in [-0.1, -0.05) is 0 Å². The summed E-state index contributed by atoms with van der Waals surface area (Å²) in [5.74, 6) is -3.78. The molecule has 0 bridgehead atoms. The second-order valence-electron chi connectivity index (χ2n) is 15.0. The normalized spacial score (nSPS) is 12.7. The van der Waals surface area contributed by atoms with Gasteiger partial charge in [0.25, 0.3) is 30.4 Å². The summed E-state index contributed by atoms with van der Waals surface area (Å²) in [6.45, 7) is 0. The van der Waals surface area contributed by atoms with Crippen molar-refractivity contribution in [3.63, 3.8) is 0 Å². The van der Waals surface area contributed by atoms with Gasteiger partial charge in [0.05, 0.1) is 29.4 Å². The molecule has 0 atom stereocenters. The molecule has 36 heteroatoms. The molecule has 0 spiro atoms. The molecule has 78 heavy (non-hydrogen) atoms. The number of benzene rings is 7. The van der Waals surface area contributed by atoms with E-state index in [0.29, 0.717) is 0 Å². The first-order valence-electron chi connectivity index (χ1n) is 19.0. The number of hydrogen-bond acceptors (Lipinski definition) is 21. The number of phenols is 2. The Balaban J connectivity index is 0.000000563. The monoisotopic (exact) mass is 1240 g/mol. The van der Waals surface area contributed by atoms with Crippen LogP contribution in [0.1, 0.15) is 63.7 Å². The van der Waals surface area contributed by atoms with E-state index in [2.05, 4.69) is 0 Å². The van der Waals surface area contributed by atoms with Crippen molar-refractivity contribution < 1.29 is 285 Å². The summed E-state index contributed by atoms with van der Waals surface area (Å²) in [6.07, 6.45) is 0. The third-order valence-corrected chi connectivity index (χ3v) is 15.7. The van der Waals surface area contributed by atoms with E-state index >= 15 is 0 Å². The molecule has 5 N–H and O–H groups in total. The summed E-state index contributed by atoms with van der Waals surface area (Å²) in [4.78, 5) is 46.1. The molecule has 0 fully saturated rings. The zero-order valence-electron chi connectivity index (χ0n) is 40.8. The van der Waals surface area contributed by atoms with Crippen LogP contribution in [0.4, 0.5) is 0 Å². The molecule has 0 saturated carbocycles. The van der Waals surface area contributed by atoms with Crippen molar-refractivity contribution >= 4 is 105 Å². The topological polar surface area (TPSA) is 443 Å². The Hall–Kier alpha value is -1.20. The van der Waals surface area contributed by atoms with Crippen LogP contribution in [0.2, 0.25) is 0 Å². The predicted octanol–water partition coefficient (Wildman–Crippen LogP) is -15.2. The minimum Gasteiger partial charge on any atom is -0.744 e. The van der Waals surface area contributed by atoms with Gasteiger partial charge in [-0.25, -0.2) is 25.3 Å². The number of aromatic hydroxyl groups is 2. The Morgan fingerprint density at radius 1 is 0.269 bits per heavy atom. The van der Waals surface area contributed by atoms with E-state index in [-0.39, 0.29) is 249 Å². The number of carbonyl (C=O) groups is 4. The fourth-order valence-corrected chi connectivity index (χ4v) is 10.3. The van der Waals surface area contributed by atoms with Crippen molar-refractivity contribution in [2.45, 2.75) is 29.4 Å². The van der Waals surface area contributed by atoms with Gasteiger partial charge in [-0.3, -0.25) is 32.8 Å². The minimum atomic E-state index is -4.84. The van der Waals surface area contributed by atoms with Gasteiger partial charge in [-0.2, -0.15) is 25.3 Å². The van der Waals surface area contributed by atoms with E-state index in [1.54, 1.807) is 0 Å². The molecule has 2 aliphatic rings. The SMILES string of the molecule is O=C1c2ccc(S(=O)(=O)[O-])cc2C(=O)c2cc(S(=O)(=O)O)ccc21.O=C1c2ccc(S(=O)(=O)[O-])cc2C(=O)c2cc(S(=O)(=O)O)ccc21.O=S(=O)([O-])c1ccc2c(O)c3ccc(S(=O)(=O)O)cc3c(O)c2c1.[Na+].[Na+].[Na+].[Na+].[Na+].[Na+]. The van der Waals surface area contributed by atoms with Crippen molar-refractivity contribution in [1.29, 1.82) is 0 Å². The molecular weight excluding hydrogens is 1220 g/mol. The number of rotatable bonds is 6. The Morgan fingerprint density at radius 3 is 0.744 bits per heavy atom. The molecule has 7 aromatic carbocycles. The second kappa shape index (κ2) is 27.2. The van der Waals surface area contributed by atoms with E-state index in [0.717, 1.165) is 103 Å². The van der Waals surface area contributed by atoms with E-state index < -0.39 is 119 Å². The molecule has 0 heterocycles. The Morgan fingerprint density at radius 2 is 0.462 bits per heavy atom. The van der Waals surface area contributed by atoms with Crippen LogP contribution in [-0.2, 0) is 60.7 Å². The average Bonchev–Trinajstić information content (AvgIpc) is 3.29. The van der Waals surface area contributed by atoms with Crippen LogP contribution in [0.25, 0.3) is 21.5 Å². The first-order valence-corrected chi connectivity index (χ1v) is 27.5. The van der Waals surface area contributed by atoms with Crippen molar-refractivity contribution in [3.05, 3.63) is 154 Å². The van der Waals surface area contributed by atoms with Gasteiger partial charge in [-0.05, 0) is 109 Å². The van der Waals surface area contributed by atoms with Gasteiger partial charge in [0, 0.05) is 66.1 Å². The third-order valence-electron chi connectivity index (χ3n) is 10.7. The van der Waals surface area contributed by atoms with E-state index in [9.17, 15) is 93.6 Å². The maximum Gasteiger partial charge on any atom is 1.00 e. The van der Waals surface area contributed by atoms with E-state index in [1.165, 1.54) is 6.07 Å². The molecule has 0 amide bonds. The van der Waals surface area contributed by atoms with Crippen molar-refractivity contribution in [1.82, 2.24) is 0 Å². The molecule has 0 radical (unpaired) electrons. The first-order chi connectivity index (χ1) is 33.0. The zero-order chi connectivity index (χ0) is 53.6. The van der Waals surface area contributed by atoms with Crippen molar-refractivity contribution in [2.24, 2.45) is 0 Å². The van der Waals surface area contributed by atoms with Gasteiger partial charge in [0.2, 0.25) is 0 Å². The van der Waals surface area contributed by atoms with E-state index in [1.807, 2.05) is 0 Å². The molecule has 9 rings (SSSR count). The van der Waals surface area contributed by atoms with Gasteiger partial charge in [0.15, 0.2) is 23.1 Å². The molecular formula is C42H23Na6O24S6+3. The molecule has 0 aliphatic heterocycles. The largest absolute Gasteiger partial charge is 1.00 e. The van der Waals surface area contributed by atoms with Crippen molar-refractivity contribution in [2.75, 3.05) is 0 Å². The summed E-state index contributed by atoms with van der Waals surface area (Å²) < 4.78 is 194. The zero-order valence-corrected chi connectivity index (χ0v) is 57.7. The standard InChI is InChI=1S/C14H10O8S2.2C14H8O8S2.6Na/c3*15-13-9-3-1-7(23(17,18)19)5-11(9)14(16)12-6-8(24(20,21)22)2-4-10(12)13;;;;;;/h1-6,15-16H,(H,17,18,19)(H,20,21,22);2*1-6H,(H,17,18,19)(H,20,21,22);;;;;;/q;;;6*+1/p-3. The van der Waals surface area contributed by atoms with Gasteiger partial charge >= 0.3 is 177 Å². The Labute approximate surface area is 575 Å². The molecule has 0 aromatic heterocycles. The smallest absolute Gasteiger partial charge is 0.744 e.